The Labute approximate surface area is 122 Å². The smallest absolute Gasteiger partial charge is 0.408 e. The molecule has 0 aliphatic carbocycles. The Morgan fingerprint density at radius 1 is 1.43 bits per heavy atom. The number of nitrogens with one attached hydrogen (secondary N) is 2. The number of hydrogen-bond donors (Lipinski definition) is 3. The molecule has 0 spiro atoms. The highest BCUT2D eigenvalue weighted by molar-refractivity contribution is 5.93. The van der Waals surface area contributed by atoms with E-state index in [9.17, 15) is 9.59 Å². The third-order valence-electron chi connectivity index (χ3n) is 3.02. The summed E-state index contributed by atoms with van der Waals surface area (Å²) >= 11 is 0. The second-order valence-corrected chi connectivity index (χ2v) is 6.50. The molecule has 1 aromatic heterocycles. The second-order valence-electron chi connectivity index (χ2n) is 6.50. The standard InChI is InChI=1S/C15H21N3O3/c1-15(2,3)8-9(16)6-13(19)17-10-4-5-12-11(7-10)18-14(20)21-12/h4-5,7,9H,6,8,16H2,1-3H3,(H,17,19)(H,18,20). The van der Waals surface area contributed by atoms with Crippen LogP contribution in [-0.4, -0.2) is 16.9 Å². The summed E-state index contributed by atoms with van der Waals surface area (Å²) in [5.74, 6) is -0.655. The first-order chi connectivity index (χ1) is 9.73. The number of aromatic amines is 1. The maximum Gasteiger partial charge on any atom is 0.417 e. The van der Waals surface area contributed by atoms with Crippen molar-refractivity contribution in [3.63, 3.8) is 0 Å². The molecule has 21 heavy (non-hydrogen) atoms. The van der Waals surface area contributed by atoms with Crippen LogP contribution in [0.15, 0.2) is 27.4 Å². The fourth-order valence-corrected chi connectivity index (χ4v) is 2.34. The molecule has 1 unspecified atom stereocenters. The zero-order valence-electron chi connectivity index (χ0n) is 12.5. The molecule has 0 saturated carbocycles. The first kappa shape index (κ1) is 15.3. The largest absolute Gasteiger partial charge is 0.417 e. The molecule has 1 heterocycles. The Bertz CT molecular complexity index is 694. The molecule has 2 rings (SSSR count). The number of carbonyl (C=O) groups is 1. The van der Waals surface area contributed by atoms with Crippen molar-refractivity contribution in [2.75, 3.05) is 5.32 Å². The van der Waals surface area contributed by atoms with E-state index in [4.69, 9.17) is 10.2 Å². The third kappa shape index (κ3) is 4.46. The van der Waals surface area contributed by atoms with Gasteiger partial charge in [-0.2, -0.15) is 0 Å². The number of carbonyl (C=O) groups excluding carboxylic acids is 1. The molecule has 0 aliphatic heterocycles. The van der Waals surface area contributed by atoms with Gasteiger partial charge in [-0.05, 0) is 30.0 Å². The van der Waals surface area contributed by atoms with Gasteiger partial charge in [0.2, 0.25) is 5.91 Å². The van der Waals surface area contributed by atoms with Gasteiger partial charge >= 0.3 is 5.76 Å². The van der Waals surface area contributed by atoms with Crippen LogP contribution in [0.1, 0.15) is 33.6 Å². The summed E-state index contributed by atoms with van der Waals surface area (Å²) in [4.78, 5) is 25.6. The van der Waals surface area contributed by atoms with E-state index in [2.05, 4.69) is 31.1 Å². The van der Waals surface area contributed by atoms with Crippen LogP contribution in [0.2, 0.25) is 0 Å². The van der Waals surface area contributed by atoms with E-state index in [-0.39, 0.29) is 23.8 Å². The van der Waals surface area contributed by atoms with Crippen molar-refractivity contribution < 1.29 is 9.21 Å². The van der Waals surface area contributed by atoms with E-state index in [1.165, 1.54) is 0 Å². The molecular weight excluding hydrogens is 270 g/mol. The monoisotopic (exact) mass is 291 g/mol. The molecule has 4 N–H and O–H groups in total. The van der Waals surface area contributed by atoms with Crippen molar-refractivity contribution in [3.05, 3.63) is 28.7 Å². The Morgan fingerprint density at radius 3 is 2.81 bits per heavy atom. The number of oxazole rings is 1. The third-order valence-corrected chi connectivity index (χ3v) is 3.02. The normalized spacial score (nSPS) is 13.3. The number of hydrogen-bond acceptors (Lipinski definition) is 4. The topological polar surface area (TPSA) is 101 Å². The summed E-state index contributed by atoms with van der Waals surface area (Å²) in [6.45, 7) is 6.27. The van der Waals surface area contributed by atoms with Crippen LogP contribution in [0.25, 0.3) is 11.1 Å². The predicted molar refractivity (Wildman–Crippen MR) is 82.1 cm³/mol. The summed E-state index contributed by atoms with van der Waals surface area (Å²) in [5.41, 5.74) is 7.69. The highest BCUT2D eigenvalue weighted by Gasteiger charge is 2.18. The highest BCUT2D eigenvalue weighted by Crippen LogP contribution is 2.21. The lowest BCUT2D eigenvalue weighted by atomic mass is 9.87. The first-order valence-corrected chi connectivity index (χ1v) is 6.91. The molecule has 0 bridgehead atoms. The molecule has 2 aromatic rings. The number of anilines is 1. The second kappa shape index (κ2) is 5.73. The predicted octanol–water partition coefficient (Wildman–Crippen LogP) is 2.21. The van der Waals surface area contributed by atoms with Gasteiger partial charge in [0.15, 0.2) is 5.58 Å². The SMILES string of the molecule is CC(C)(C)CC(N)CC(=O)Nc1ccc2oc(=O)[nH]c2c1. The quantitative estimate of drug-likeness (QED) is 0.803. The van der Waals surface area contributed by atoms with E-state index in [0.29, 0.717) is 16.8 Å². The Hall–Kier alpha value is -2.08. The van der Waals surface area contributed by atoms with Crippen molar-refractivity contribution >= 4 is 22.7 Å². The average molecular weight is 291 g/mol. The molecule has 114 valence electrons. The fourth-order valence-electron chi connectivity index (χ4n) is 2.34. The zero-order valence-corrected chi connectivity index (χ0v) is 12.5. The number of H-pyrrole nitrogens is 1. The summed E-state index contributed by atoms with van der Waals surface area (Å²) < 4.78 is 4.90. The van der Waals surface area contributed by atoms with Crippen LogP contribution in [0.5, 0.6) is 0 Å². The van der Waals surface area contributed by atoms with Crippen LogP contribution in [0.3, 0.4) is 0 Å². The van der Waals surface area contributed by atoms with Gasteiger partial charge in [0.1, 0.15) is 0 Å². The van der Waals surface area contributed by atoms with Crippen LogP contribution >= 0.6 is 0 Å². The minimum atomic E-state index is -0.513. The van der Waals surface area contributed by atoms with Gasteiger partial charge in [-0.15, -0.1) is 0 Å². The van der Waals surface area contributed by atoms with Crippen molar-refractivity contribution in [1.82, 2.24) is 4.98 Å². The van der Waals surface area contributed by atoms with Gasteiger partial charge < -0.3 is 15.5 Å². The van der Waals surface area contributed by atoms with Gasteiger partial charge in [-0.1, -0.05) is 20.8 Å². The molecule has 6 nitrogen and oxygen atoms in total. The molecule has 6 heteroatoms. The molecule has 1 amide bonds. The number of amides is 1. The van der Waals surface area contributed by atoms with Crippen LogP contribution in [0.4, 0.5) is 5.69 Å². The molecule has 0 saturated heterocycles. The number of nitrogens with two attached hydrogens (primary N) is 1. The lowest BCUT2D eigenvalue weighted by Crippen LogP contribution is -2.31. The number of benzene rings is 1. The van der Waals surface area contributed by atoms with E-state index in [1.807, 2.05) is 0 Å². The summed E-state index contributed by atoms with van der Waals surface area (Å²) in [6.07, 6.45) is 1.03. The summed E-state index contributed by atoms with van der Waals surface area (Å²) in [6, 6.07) is 4.81. The number of fused-ring (bicyclic) bond motifs is 1. The molecular formula is C15H21N3O3. The lowest BCUT2D eigenvalue weighted by Gasteiger charge is -2.22. The Balaban J connectivity index is 1.99. The van der Waals surface area contributed by atoms with Crippen LogP contribution in [-0.2, 0) is 4.79 Å². The van der Waals surface area contributed by atoms with Crippen molar-refractivity contribution in [2.45, 2.75) is 39.7 Å². The fraction of sp³-hybridized carbons (Fsp3) is 0.467. The van der Waals surface area contributed by atoms with Gasteiger partial charge in [0, 0.05) is 18.2 Å². The van der Waals surface area contributed by atoms with E-state index < -0.39 is 5.76 Å². The highest BCUT2D eigenvalue weighted by atomic mass is 16.4. The molecule has 1 aromatic carbocycles. The summed E-state index contributed by atoms with van der Waals surface area (Å²) in [7, 11) is 0. The van der Waals surface area contributed by atoms with Gasteiger partial charge in [0.25, 0.3) is 0 Å². The molecule has 0 aliphatic rings. The molecule has 1 atom stereocenters. The van der Waals surface area contributed by atoms with Crippen molar-refractivity contribution in [1.29, 1.82) is 0 Å². The first-order valence-electron chi connectivity index (χ1n) is 6.91. The Kier molecular flexibility index (Phi) is 4.18. The summed E-state index contributed by atoms with van der Waals surface area (Å²) in [5, 5.41) is 2.78. The van der Waals surface area contributed by atoms with Gasteiger partial charge in [-0.3, -0.25) is 9.78 Å². The van der Waals surface area contributed by atoms with Crippen LogP contribution < -0.4 is 16.8 Å². The van der Waals surface area contributed by atoms with Gasteiger partial charge in [-0.25, -0.2) is 4.79 Å². The average Bonchev–Trinajstić information content (AvgIpc) is 2.65. The van der Waals surface area contributed by atoms with Crippen molar-refractivity contribution in [2.24, 2.45) is 11.1 Å². The number of aromatic nitrogens is 1. The minimum Gasteiger partial charge on any atom is -0.408 e. The van der Waals surface area contributed by atoms with Gasteiger partial charge in [0.05, 0.1) is 5.52 Å². The minimum absolute atomic E-state index is 0.0921. The van der Waals surface area contributed by atoms with Crippen molar-refractivity contribution in [3.8, 4) is 0 Å². The lowest BCUT2D eigenvalue weighted by molar-refractivity contribution is -0.116. The van der Waals surface area contributed by atoms with E-state index in [0.717, 1.165) is 6.42 Å². The number of rotatable bonds is 4. The maximum absolute atomic E-state index is 12.0. The molecule has 0 radical (unpaired) electrons. The maximum atomic E-state index is 12.0. The Morgan fingerprint density at radius 2 is 2.14 bits per heavy atom. The van der Waals surface area contributed by atoms with E-state index in [1.54, 1.807) is 18.2 Å². The van der Waals surface area contributed by atoms with Crippen LogP contribution in [0, 0.1) is 5.41 Å². The van der Waals surface area contributed by atoms with E-state index >= 15 is 0 Å². The molecule has 0 fully saturated rings. The zero-order chi connectivity index (χ0) is 15.6.